The van der Waals surface area contributed by atoms with Crippen LogP contribution in [0.1, 0.15) is 71.1 Å². The van der Waals surface area contributed by atoms with Gasteiger partial charge in [0.2, 0.25) is 15.9 Å². The summed E-state index contributed by atoms with van der Waals surface area (Å²) in [6.45, 7) is 2.13. The number of nitrogens with one attached hydrogen (secondary N) is 2. The molecule has 0 saturated heterocycles. The Balaban J connectivity index is 1.88. The van der Waals surface area contributed by atoms with Crippen LogP contribution in [-0.2, 0) is 14.8 Å². The Morgan fingerprint density at radius 3 is 2.38 bits per heavy atom. The van der Waals surface area contributed by atoms with Gasteiger partial charge in [0.05, 0.1) is 4.90 Å². The molecule has 162 valence electrons. The predicted molar refractivity (Wildman–Crippen MR) is 121 cm³/mol. The van der Waals surface area contributed by atoms with Gasteiger partial charge < -0.3 is 10.6 Å². The topological polar surface area (TPSA) is 78.5 Å². The quantitative estimate of drug-likeness (QED) is 0.440. The first-order valence-electron chi connectivity index (χ1n) is 10.5. The molecule has 0 radical (unpaired) electrons. The second-order valence-electron chi connectivity index (χ2n) is 7.65. The lowest BCUT2D eigenvalue weighted by molar-refractivity contribution is -0.119. The number of rotatable bonds is 9. The fourth-order valence-electron chi connectivity index (χ4n) is 3.58. The highest BCUT2D eigenvalue weighted by Gasteiger charge is 2.28. The molecule has 2 N–H and O–H groups in total. The van der Waals surface area contributed by atoms with E-state index in [4.69, 9.17) is 12.2 Å². The molecule has 0 bridgehead atoms. The molecule has 1 aliphatic carbocycles. The highest BCUT2D eigenvalue weighted by atomic mass is 32.2. The van der Waals surface area contributed by atoms with Gasteiger partial charge in [-0.2, -0.15) is 4.31 Å². The third-order valence-electron chi connectivity index (χ3n) is 5.39. The van der Waals surface area contributed by atoms with E-state index in [1.165, 1.54) is 10.7 Å². The van der Waals surface area contributed by atoms with Crippen molar-refractivity contribution in [2.24, 2.45) is 0 Å². The van der Waals surface area contributed by atoms with Gasteiger partial charge in [0.25, 0.3) is 0 Å². The Labute approximate surface area is 180 Å². The first-order chi connectivity index (χ1) is 13.8. The molecule has 1 aromatic rings. The highest BCUT2D eigenvalue weighted by molar-refractivity contribution is 7.89. The van der Waals surface area contributed by atoms with Crippen molar-refractivity contribution in [2.45, 2.75) is 82.1 Å². The van der Waals surface area contributed by atoms with E-state index < -0.39 is 10.0 Å². The fraction of sp³-hybridized carbons (Fsp3) is 0.619. The number of hydrogen-bond acceptors (Lipinski definition) is 4. The number of carbonyl (C=O) groups is 1. The molecule has 1 fully saturated rings. The number of anilines is 1. The summed E-state index contributed by atoms with van der Waals surface area (Å²) in [5, 5.41) is 5.83. The maximum absolute atomic E-state index is 12.9. The SMILES string of the molecule is CCCCCCC(=O)NC(=S)Nc1ccc(S(=O)(=O)N(C)C2CCCCC2)cc1. The van der Waals surface area contributed by atoms with Crippen molar-refractivity contribution < 1.29 is 13.2 Å². The number of carbonyl (C=O) groups excluding carboxylic acids is 1. The van der Waals surface area contributed by atoms with Crippen molar-refractivity contribution in [3.8, 4) is 0 Å². The molecule has 8 heteroatoms. The lowest BCUT2D eigenvalue weighted by Gasteiger charge is -2.30. The minimum atomic E-state index is -3.51. The molecule has 29 heavy (non-hydrogen) atoms. The Hall–Kier alpha value is -1.51. The van der Waals surface area contributed by atoms with Gasteiger partial charge in [0.1, 0.15) is 0 Å². The Bertz CT molecular complexity index is 773. The monoisotopic (exact) mass is 439 g/mol. The van der Waals surface area contributed by atoms with Gasteiger partial charge in [-0.1, -0.05) is 45.4 Å². The van der Waals surface area contributed by atoms with E-state index in [0.717, 1.165) is 51.4 Å². The van der Waals surface area contributed by atoms with Crippen molar-refractivity contribution in [1.82, 2.24) is 9.62 Å². The number of thiocarbonyl (C=S) groups is 1. The van der Waals surface area contributed by atoms with Crippen LogP contribution in [0, 0.1) is 0 Å². The second kappa shape index (κ2) is 11.6. The van der Waals surface area contributed by atoms with Crippen molar-refractivity contribution in [2.75, 3.05) is 12.4 Å². The van der Waals surface area contributed by atoms with Crippen LogP contribution in [0.4, 0.5) is 5.69 Å². The normalized spacial score (nSPS) is 15.3. The number of hydrogen-bond donors (Lipinski definition) is 2. The van der Waals surface area contributed by atoms with Crippen LogP contribution in [0.5, 0.6) is 0 Å². The molecule has 1 aromatic carbocycles. The van der Waals surface area contributed by atoms with Crippen molar-refractivity contribution in [3.63, 3.8) is 0 Å². The van der Waals surface area contributed by atoms with Crippen molar-refractivity contribution in [1.29, 1.82) is 0 Å². The summed E-state index contributed by atoms with van der Waals surface area (Å²) in [7, 11) is -1.85. The summed E-state index contributed by atoms with van der Waals surface area (Å²) >= 11 is 5.18. The van der Waals surface area contributed by atoms with E-state index in [-0.39, 0.29) is 22.0 Å². The number of amides is 1. The van der Waals surface area contributed by atoms with Gasteiger partial charge in [-0.15, -0.1) is 0 Å². The van der Waals surface area contributed by atoms with Gasteiger partial charge in [0, 0.05) is 25.2 Å². The summed E-state index contributed by atoms with van der Waals surface area (Å²) in [6.07, 6.45) is 9.77. The molecular formula is C21H33N3O3S2. The summed E-state index contributed by atoms with van der Waals surface area (Å²) in [5.41, 5.74) is 0.639. The van der Waals surface area contributed by atoms with Crippen LogP contribution in [0.25, 0.3) is 0 Å². The molecule has 0 aromatic heterocycles. The van der Waals surface area contributed by atoms with E-state index in [9.17, 15) is 13.2 Å². The van der Waals surface area contributed by atoms with E-state index in [1.54, 1.807) is 31.3 Å². The lowest BCUT2D eigenvalue weighted by Crippen LogP contribution is -2.38. The molecule has 2 rings (SSSR count). The minimum absolute atomic E-state index is 0.0756. The average Bonchev–Trinajstić information content (AvgIpc) is 2.71. The van der Waals surface area contributed by atoms with Gasteiger partial charge in [-0.25, -0.2) is 8.42 Å². The molecule has 1 aliphatic rings. The Kier molecular flexibility index (Phi) is 9.52. The molecule has 0 unspecified atom stereocenters. The zero-order valence-corrected chi connectivity index (χ0v) is 19.1. The van der Waals surface area contributed by atoms with E-state index in [1.807, 2.05) is 0 Å². The van der Waals surface area contributed by atoms with Crippen LogP contribution in [-0.4, -0.2) is 36.8 Å². The number of benzene rings is 1. The lowest BCUT2D eigenvalue weighted by atomic mass is 9.96. The van der Waals surface area contributed by atoms with Crippen LogP contribution >= 0.6 is 12.2 Å². The standard InChI is InChI=1S/C21H33N3O3S2/c1-3-4-5-9-12-20(25)23-21(28)22-17-13-15-19(16-14-17)29(26,27)24(2)18-10-7-6-8-11-18/h13-16,18H,3-12H2,1-2H3,(H2,22,23,25,28). The van der Waals surface area contributed by atoms with Gasteiger partial charge >= 0.3 is 0 Å². The molecule has 0 heterocycles. The molecule has 0 spiro atoms. The highest BCUT2D eigenvalue weighted by Crippen LogP contribution is 2.27. The third kappa shape index (κ3) is 7.35. The first-order valence-corrected chi connectivity index (χ1v) is 12.4. The van der Waals surface area contributed by atoms with Crippen LogP contribution in [0.3, 0.4) is 0 Å². The van der Waals surface area contributed by atoms with Gasteiger partial charge in [-0.05, 0) is 55.7 Å². The zero-order valence-electron chi connectivity index (χ0n) is 17.4. The Morgan fingerprint density at radius 2 is 1.76 bits per heavy atom. The number of unbranched alkanes of at least 4 members (excludes halogenated alkanes) is 3. The van der Waals surface area contributed by atoms with Gasteiger partial charge in [0.15, 0.2) is 5.11 Å². The molecule has 0 aliphatic heterocycles. The molecule has 1 saturated carbocycles. The van der Waals surface area contributed by atoms with Crippen LogP contribution in [0.15, 0.2) is 29.2 Å². The molecule has 1 amide bonds. The van der Waals surface area contributed by atoms with Gasteiger partial charge in [-0.3, -0.25) is 4.79 Å². The smallest absolute Gasteiger partial charge is 0.243 e. The summed E-state index contributed by atoms with van der Waals surface area (Å²) in [6, 6.07) is 6.56. The molecule has 6 nitrogen and oxygen atoms in total. The average molecular weight is 440 g/mol. The first kappa shape index (κ1) is 23.8. The van der Waals surface area contributed by atoms with E-state index in [0.29, 0.717) is 12.1 Å². The summed E-state index contributed by atoms with van der Waals surface area (Å²) in [5.74, 6) is -0.105. The fourth-order valence-corrected chi connectivity index (χ4v) is 5.23. The second-order valence-corrected chi connectivity index (χ2v) is 10.1. The largest absolute Gasteiger partial charge is 0.332 e. The van der Waals surface area contributed by atoms with Crippen LogP contribution in [0.2, 0.25) is 0 Å². The van der Waals surface area contributed by atoms with Crippen LogP contribution < -0.4 is 10.6 Å². The van der Waals surface area contributed by atoms with Crippen molar-refractivity contribution >= 4 is 38.9 Å². The number of sulfonamides is 1. The zero-order chi connectivity index (χ0) is 21.3. The predicted octanol–water partition coefficient (Wildman–Crippen LogP) is 4.42. The number of nitrogens with zero attached hydrogens (tertiary/aromatic N) is 1. The van der Waals surface area contributed by atoms with E-state index >= 15 is 0 Å². The summed E-state index contributed by atoms with van der Waals surface area (Å²) < 4.78 is 27.3. The maximum atomic E-state index is 12.9. The summed E-state index contributed by atoms with van der Waals surface area (Å²) in [4.78, 5) is 12.2. The van der Waals surface area contributed by atoms with E-state index in [2.05, 4.69) is 17.6 Å². The molecule has 0 atom stereocenters. The molecular weight excluding hydrogens is 406 g/mol. The maximum Gasteiger partial charge on any atom is 0.243 e. The minimum Gasteiger partial charge on any atom is -0.332 e. The third-order valence-corrected chi connectivity index (χ3v) is 7.52. The Morgan fingerprint density at radius 1 is 1.10 bits per heavy atom. The van der Waals surface area contributed by atoms with Crippen molar-refractivity contribution in [3.05, 3.63) is 24.3 Å².